The third-order valence-corrected chi connectivity index (χ3v) is 3.09. The fraction of sp³-hybridized carbons (Fsp3) is 0.429. The minimum absolute atomic E-state index is 0.0950. The highest BCUT2D eigenvalue weighted by Crippen LogP contribution is 2.12. The zero-order chi connectivity index (χ0) is 15.6. The van der Waals surface area contributed by atoms with E-state index in [1.165, 1.54) is 11.1 Å². The molecule has 0 radical (unpaired) electrons. The number of rotatable bonds is 4. The molecule has 0 N–H and O–H groups in total. The zero-order valence-corrected chi connectivity index (χ0v) is 12.6. The standard InChI is InChI=1S/C14H18N4O3/c1-5-21-13(19)8-17(4)14(20)11-7-15-12-6-9(2)16-18(12)10(11)3/h6-7H,5,8H2,1-4H3. The van der Waals surface area contributed by atoms with Crippen molar-refractivity contribution in [2.45, 2.75) is 20.8 Å². The van der Waals surface area contributed by atoms with Crippen molar-refractivity contribution in [2.24, 2.45) is 0 Å². The quantitative estimate of drug-likeness (QED) is 0.785. The predicted molar refractivity (Wildman–Crippen MR) is 76.1 cm³/mol. The fourth-order valence-corrected chi connectivity index (χ4v) is 2.05. The highest BCUT2D eigenvalue weighted by Gasteiger charge is 2.19. The number of likely N-dealkylation sites (N-methyl/N-ethyl adjacent to an activating group) is 1. The summed E-state index contributed by atoms with van der Waals surface area (Å²) in [6.07, 6.45) is 1.51. The number of amides is 1. The molecular formula is C14H18N4O3. The van der Waals surface area contributed by atoms with Gasteiger partial charge in [-0.15, -0.1) is 0 Å². The first-order valence-corrected chi connectivity index (χ1v) is 6.67. The van der Waals surface area contributed by atoms with Crippen molar-refractivity contribution >= 4 is 17.5 Å². The van der Waals surface area contributed by atoms with E-state index in [2.05, 4.69) is 10.1 Å². The van der Waals surface area contributed by atoms with Gasteiger partial charge in [0.2, 0.25) is 0 Å². The largest absolute Gasteiger partial charge is 0.465 e. The van der Waals surface area contributed by atoms with Gasteiger partial charge in [0.15, 0.2) is 5.65 Å². The van der Waals surface area contributed by atoms with Crippen LogP contribution in [0.3, 0.4) is 0 Å². The molecule has 2 aromatic heterocycles. The number of aromatic nitrogens is 3. The molecule has 0 spiro atoms. The molecule has 0 aliphatic heterocycles. The second kappa shape index (κ2) is 5.90. The van der Waals surface area contributed by atoms with Crippen LogP contribution in [0.5, 0.6) is 0 Å². The molecule has 21 heavy (non-hydrogen) atoms. The van der Waals surface area contributed by atoms with E-state index in [0.29, 0.717) is 23.5 Å². The van der Waals surface area contributed by atoms with Crippen LogP contribution in [0.4, 0.5) is 0 Å². The summed E-state index contributed by atoms with van der Waals surface area (Å²) in [6, 6.07) is 1.84. The van der Waals surface area contributed by atoms with Crippen LogP contribution < -0.4 is 0 Å². The molecular weight excluding hydrogens is 272 g/mol. The van der Waals surface area contributed by atoms with E-state index in [4.69, 9.17) is 4.74 Å². The molecule has 0 unspecified atom stereocenters. The van der Waals surface area contributed by atoms with Crippen molar-refractivity contribution in [3.05, 3.63) is 29.2 Å². The Labute approximate surface area is 122 Å². The first-order valence-electron chi connectivity index (χ1n) is 6.67. The normalized spacial score (nSPS) is 10.7. The molecule has 0 fully saturated rings. The monoisotopic (exact) mass is 290 g/mol. The second-order valence-electron chi connectivity index (χ2n) is 4.78. The van der Waals surface area contributed by atoms with Crippen LogP contribution in [-0.2, 0) is 9.53 Å². The van der Waals surface area contributed by atoms with E-state index < -0.39 is 5.97 Å². The SMILES string of the molecule is CCOC(=O)CN(C)C(=O)c1cnc2cc(C)nn2c1C. The lowest BCUT2D eigenvalue weighted by Crippen LogP contribution is -2.33. The number of hydrogen-bond donors (Lipinski definition) is 0. The first-order chi connectivity index (χ1) is 9.93. The van der Waals surface area contributed by atoms with Crippen LogP contribution in [0.1, 0.15) is 28.7 Å². The topological polar surface area (TPSA) is 76.8 Å². The summed E-state index contributed by atoms with van der Waals surface area (Å²) in [6.45, 7) is 5.58. The summed E-state index contributed by atoms with van der Waals surface area (Å²) in [5, 5.41) is 4.30. The maximum Gasteiger partial charge on any atom is 0.325 e. The van der Waals surface area contributed by atoms with Gasteiger partial charge in [-0.05, 0) is 20.8 Å². The minimum Gasteiger partial charge on any atom is -0.465 e. The van der Waals surface area contributed by atoms with Gasteiger partial charge in [0.05, 0.1) is 23.6 Å². The van der Waals surface area contributed by atoms with E-state index in [-0.39, 0.29) is 12.5 Å². The van der Waals surface area contributed by atoms with Gasteiger partial charge < -0.3 is 9.64 Å². The number of ether oxygens (including phenoxy) is 1. The molecule has 0 aromatic carbocycles. The number of fused-ring (bicyclic) bond motifs is 1. The number of aryl methyl sites for hydroxylation is 2. The number of nitrogens with zero attached hydrogens (tertiary/aromatic N) is 4. The summed E-state index contributed by atoms with van der Waals surface area (Å²) in [5.74, 6) is -0.724. The zero-order valence-electron chi connectivity index (χ0n) is 12.6. The summed E-state index contributed by atoms with van der Waals surface area (Å²) >= 11 is 0. The van der Waals surface area contributed by atoms with E-state index in [1.54, 1.807) is 25.4 Å². The molecule has 0 bridgehead atoms. The Morgan fingerprint density at radius 2 is 2.10 bits per heavy atom. The third kappa shape index (κ3) is 3.01. The third-order valence-electron chi connectivity index (χ3n) is 3.09. The van der Waals surface area contributed by atoms with Gasteiger partial charge in [-0.1, -0.05) is 0 Å². The fourth-order valence-electron chi connectivity index (χ4n) is 2.05. The number of esters is 1. The number of carbonyl (C=O) groups excluding carboxylic acids is 2. The van der Waals surface area contributed by atoms with E-state index in [9.17, 15) is 9.59 Å². The average Bonchev–Trinajstić information content (AvgIpc) is 2.80. The lowest BCUT2D eigenvalue weighted by atomic mass is 10.2. The Balaban J connectivity index is 2.26. The minimum atomic E-state index is -0.435. The molecule has 2 rings (SSSR count). The summed E-state index contributed by atoms with van der Waals surface area (Å²) < 4.78 is 6.46. The lowest BCUT2D eigenvalue weighted by Gasteiger charge is -2.17. The molecule has 0 saturated carbocycles. The van der Waals surface area contributed by atoms with Crippen LogP contribution in [0.2, 0.25) is 0 Å². The molecule has 0 aliphatic rings. The van der Waals surface area contributed by atoms with Crippen LogP contribution >= 0.6 is 0 Å². The molecule has 2 heterocycles. The molecule has 2 aromatic rings. The van der Waals surface area contributed by atoms with Crippen molar-refractivity contribution in [3.8, 4) is 0 Å². The van der Waals surface area contributed by atoms with Crippen molar-refractivity contribution in [3.63, 3.8) is 0 Å². The highest BCUT2D eigenvalue weighted by molar-refractivity contribution is 5.96. The maximum atomic E-state index is 12.4. The first kappa shape index (κ1) is 15.0. The Hall–Kier alpha value is -2.44. The summed E-state index contributed by atoms with van der Waals surface area (Å²) in [5.41, 5.74) is 2.62. The Morgan fingerprint density at radius 3 is 2.76 bits per heavy atom. The second-order valence-corrected chi connectivity index (χ2v) is 4.78. The molecule has 7 heteroatoms. The van der Waals surface area contributed by atoms with E-state index in [0.717, 1.165) is 5.69 Å². The number of carbonyl (C=O) groups is 2. The molecule has 7 nitrogen and oxygen atoms in total. The van der Waals surface area contributed by atoms with Gasteiger partial charge in [0.1, 0.15) is 6.54 Å². The van der Waals surface area contributed by atoms with Crippen LogP contribution in [0, 0.1) is 13.8 Å². The molecule has 0 saturated heterocycles. The molecule has 112 valence electrons. The van der Waals surface area contributed by atoms with Gasteiger partial charge in [-0.25, -0.2) is 9.50 Å². The lowest BCUT2D eigenvalue weighted by molar-refractivity contribution is -0.143. The van der Waals surface area contributed by atoms with Crippen LogP contribution in [0.15, 0.2) is 12.3 Å². The van der Waals surface area contributed by atoms with Crippen molar-refractivity contribution in [1.82, 2.24) is 19.5 Å². The Morgan fingerprint density at radius 1 is 1.38 bits per heavy atom. The van der Waals surface area contributed by atoms with E-state index in [1.807, 2.05) is 13.0 Å². The maximum absolute atomic E-state index is 12.4. The van der Waals surface area contributed by atoms with Crippen molar-refractivity contribution in [1.29, 1.82) is 0 Å². The smallest absolute Gasteiger partial charge is 0.325 e. The molecule has 0 atom stereocenters. The Kier molecular flexibility index (Phi) is 4.21. The summed E-state index contributed by atoms with van der Waals surface area (Å²) in [7, 11) is 1.55. The van der Waals surface area contributed by atoms with Crippen LogP contribution in [0.25, 0.3) is 5.65 Å². The average molecular weight is 290 g/mol. The Bertz CT molecular complexity index is 693. The van der Waals surface area contributed by atoms with Gasteiger partial charge in [-0.2, -0.15) is 5.10 Å². The molecule has 1 amide bonds. The number of hydrogen-bond acceptors (Lipinski definition) is 5. The van der Waals surface area contributed by atoms with Gasteiger partial charge in [0.25, 0.3) is 5.91 Å². The predicted octanol–water partition coefficient (Wildman–Crippen LogP) is 0.981. The van der Waals surface area contributed by atoms with Crippen molar-refractivity contribution < 1.29 is 14.3 Å². The van der Waals surface area contributed by atoms with Gasteiger partial charge in [-0.3, -0.25) is 9.59 Å². The summed E-state index contributed by atoms with van der Waals surface area (Å²) in [4.78, 5) is 29.4. The van der Waals surface area contributed by atoms with E-state index >= 15 is 0 Å². The van der Waals surface area contributed by atoms with Gasteiger partial charge >= 0.3 is 5.97 Å². The molecule has 0 aliphatic carbocycles. The van der Waals surface area contributed by atoms with Crippen LogP contribution in [-0.4, -0.2) is 51.6 Å². The van der Waals surface area contributed by atoms with Crippen molar-refractivity contribution in [2.75, 3.05) is 20.2 Å². The highest BCUT2D eigenvalue weighted by atomic mass is 16.5. The van der Waals surface area contributed by atoms with Gasteiger partial charge in [0, 0.05) is 19.3 Å².